The largest absolute Gasteiger partial charge is 0.378 e. The number of carbonyl (C=O) groups is 1. The maximum atomic E-state index is 12.6. The fourth-order valence-electron chi connectivity index (χ4n) is 3.63. The van der Waals surface area contributed by atoms with Gasteiger partial charge in [0.15, 0.2) is 5.82 Å². The quantitative estimate of drug-likeness (QED) is 0.676. The van der Waals surface area contributed by atoms with Crippen molar-refractivity contribution >= 4 is 11.6 Å². The smallest absolute Gasteiger partial charge is 0.258 e. The predicted molar refractivity (Wildman–Crippen MR) is 108 cm³/mol. The van der Waals surface area contributed by atoms with Gasteiger partial charge in [0.05, 0.1) is 6.04 Å². The Bertz CT molecular complexity index is 967. The zero-order valence-corrected chi connectivity index (χ0v) is 16.4. The van der Waals surface area contributed by atoms with Crippen LogP contribution >= 0.6 is 0 Å². The summed E-state index contributed by atoms with van der Waals surface area (Å²) in [6.45, 7) is 2.66. The highest BCUT2D eigenvalue weighted by Crippen LogP contribution is 2.33. The Kier molecular flexibility index (Phi) is 4.86. The molecule has 2 heterocycles. The summed E-state index contributed by atoms with van der Waals surface area (Å²) in [5.41, 5.74) is 3.07. The van der Waals surface area contributed by atoms with Gasteiger partial charge in [-0.1, -0.05) is 41.6 Å². The van der Waals surface area contributed by atoms with Crippen molar-refractivity contribution in [3.8, 4) is 11.5 Å². The molecule has 0 N–H and O–H groups in total. The van der Waals surface area contributed by atoms with E-state index in [9.17, 15) is 4.79 Å². The zero-order valence-electron chi connectivity index (χ0n) is 16.4. The molecule has 6 heteroatoms. The average Bonchev–Trinajstić information content (AvgIpc) is 3.35. The zero-order chi connectivity index (χ0) is 19.7. The predicted octanol–water partition coefficient (Wildman–Crippen LogP) is 3.88. The second-order valence-electron chi connectivity index (χ2n) is 7.44. The molecule has 144 valence electrons. The highest BCUT2D eigenvalue weighted by molar-refractivity contribution is 5.80. The van der Waals surface area contributed by atoms with Crippen LogP contribution in [-0.4, -0.2) is 41.6 Å². The molecule has 3 aromatic rings. The molecule has 0 saturated carbocycles. The molecule has 1 aromatic heterocycles. The SMILES string of the molecule is CC(c1ccccc1)N1CC(c2noc(-c3cccc(N(C)C)c3)n2)CC1=O. The molecule has 2 unspecified atom stereocenters. The van der Waals surface area contributed by atoms with Crippen molar-refractivity contribution in [2.24, 2.45) is 0 Å². The molecule has 1 saturated heterocycles. The third-order valence-electron chi connectivity index (χ3n) is 5.32. The van der Waals surface area contributed by atoms with Crippen molar-refractivity contribution < 1.29 is 9.32 Å². The Morgan fingerprint density at radius 3 is 2.68 bits per heavy atom. The van der Waals surface area contributed by atoms with Gasteiger partial charge in [0.2, 0.25) is 5.91 Å². The number of benzene rings is 2. The number of rotatable bonds is 5. The summed E-state index contributed by atoms with van der Waals surface area (Å²) in [6.07, 6.45) is 0.411. The third kappa shape index (κ3) is 3.50. The Hall–Kier alpha value is -3.15. The Labute approximate surface area is 164 Å². The van der Waals surface area contributed by atoms with Crippen LogP contribution in [0.3, 0.4) is 0 Å². The second-order valence-corrected chi connectivity index (χ2v) is 7.44. The van der Waals surface area contributed by atoms with Crippen molar-refractivity contribution in [1.29, 1.82) is 0 Å². The summed E-state index contributed by atoms with van der Waals surface area (Å²) in [7, 11) is 3.98. The summed E-state index contributed by atoms with van der Waals surface area (Å²) in [5, 5.41) is 4.17. The van der Waals surface area contributed by atoms with Gasteiger partial charge in [-0.15, -0.1) is 0 Å². The number of aromatic nitrogens is 2. The molecule has 2 atom stereocenters. The monoisotopic (exact) mass is 376 g/mol. The molecule has 0 spiro atoms. The van der Waals surface area contributed by atoms with E-state index in [1.54, 1.807) is 0 Å². The maximum Gasteiger partial charge on any atom is 0.258 e. The molecule has 1 aliphatic heterocycles. The minimum atomic E-state index is -0.0480. The van der Waals surface area contributed by atoms with Crippen LogP contribution in [0.1, 0.15) is 36.7 Å². The van der Waals surface area contributed by atoms with E-state index in [4.69, 9.17) is 4.52 Å². The third-order valence-corrected chi connectivity index (χ3v) is 5.32. The number of likely N-dealkylation sites (tertiary alicyclic amines) is 1. The summed E-state index contributed by atoms with van der Waals surface area (Å²) in [5.74, 6) is 1.16. The van der Waals surface area contributed by atoms with Crippen molar-refractivity contribution in [3.63, 3.8) is 0 Å². The summed E-state index contributed by atoms with van der Waals surface area (Å²) in [4.78, 5) is 21.1. The molecular formula is C22H24N4O2. The highest BCUT2D eigenvalue weighted by Gasteiger charge is 2.36. The van der Waals surface area contributed by atoms with Gasteiger partial charge < -0.3 is 14.3 Å². The fraction of sp³-hybridized carbons (Fsp3) is 0.318. The molecule has 6 nitrogen and oxygen atoms in total. The molecular weight excluding hydrogens is 352 g/mol. The normalized spacial score (nSPS) is 17.8. The molecule has 1 fully saturated rings. The minimum Gasteiger partial charge on any atom is -0.378 e. The molecule has 4 rings (SSSR count). The number of carbonyl (C=O) groups excluding carboxylic acids is 1. The first-order valence-corrected chi connectivity index (χ1v) is 9.48. The Morgan fingerprint density at radius 2 is 1.93 bits per heavy atom. The van der Waals surface area contributed by atoms with Crippen LogP contribution in [0.5, 0.6) is 0 Å². The van der Waals surface area contributed by atoms with E-state index in [1.807, 2.05) is 66.4 Å². The number of nitrogens with zero attached hydrogens (tertiary/aromatic N) is 4. The van der Waals surface area contributed by atoms with Crippen LogP contribution in [0.25, 0.3) is 11.5 Å². The van der Waals surface area contributed by atoms with Gasteiger partial charge in [-0.25, -0.2) is 0 Å². The van der Waals surface area contributed by atoms with Crippen molar-refractivity contribution in [3.05, 3.63) is 66.0 Å². The summed E-state index contributed by atoms with van der Waals surface area (Å²) < 4.78 is 5.50. The van der Waals surface area contributed by atoms with Gasteiger partial charge >= 0.3 is 0 Å². The van der Waals surface area contributed by atoms with Crippen molar-refractivity contribution in [1.82, 2.24) is 15.0 Å². The van der Waals surface area contributed by atoms with Gasteiger partial charge in [-0.3, -0.25) is 4.79 Å². The molecule has 1 amide bonds. The maximum absolute atomic E-state index is 12.6. The molecule has 1 aliphatic rings. The standard InChI is InChI=1S/C22H24N4O2/c1-15(16-8-5-4-6-9-16)26-14-18(13-20(26)27)21-23-22(28-24-21)17-10-7-11-19(12-17)25(2)3/h4-12,15,18H,13-14H2,1-3H3. The molecule has 28 heavy (non-hydrogen) atoms. The van der Waals surface area contributed by atoms with Crippen LogP contribution in [0.2, 0.25) is 0 Å². The minimum absolute atomic E-state index is 0.0295. The van der Waals surface area contributed by atoms with Crippen molar-refractivity contribution in [2.75, 3.05) is 25.5 Å². The van der Waals surface area contributed by atoms with E-state index in [2.05, 4.69) is 29.2 Å². The highest BCUT2D eigenvalue weighted by atomic mass is 16.5. The average molecular weight is 376 g/mol. The Morgan fingerprint density at radius 1 is 1.14 bits per heavy atom. The van der Waals surface area contributed by atoms with Gasteiger partial charge in [-0.05, 0) is 30.7 Å². The van der Waals surface area contributed by atoms with E-state index in [0.29, 0.717) is 24.7 Å². The summed E-state index contributed by atoms with van der Waals surface area (Å²) in [6, 6.07) is 18.1. The molecule has 0 aliphatic carbocycles. The van der Waals surface area contributed by atoms with E-state index in [0.717, 1.165) is 16.8 Å². The topological polar surface area (TPSA) is 62.5 Å². The summed E-state index contributed by atoms with van der Waals surface area (Å²) >= 11 is 0. The lowest BCUT2D eigenvalue weighted by Gasteiger charge is -2.25. The first-order chi connectivity index (χ1) is 13.5. The van der Waals surface area contributed by atoms with E-state index in [1.165, 1.54) is 0 Å². The lowest BCUT2D eigenvalue weighted by molar-refractivity contribution is -0.129. The first-order valence-electron chi connectivity index (χ1n) is 9.48. The lowest BCUT2D eigenvalue weighted by Crippen LogP contribution is -2.28. The number of amides is 1. The van der Waals surface area contributed by atoms with Gasteiger partial charge in [0.1, 0.15) is 0 Å². The van der Waals surface area contributed by atoms with Gasteiger partial charge in [-0.2, -0.15) is 4.98 Å². The van der Waals surface area contributed by atoms with E-state index < -0.39 is 0 Å². The van der Waals surface area contributed by atoms with E-state index in [-0.39, 0.29) is 17.9 Å². The number of hydrogen-bond acceptors (Lipinski definition) is 5. The Balaban J connectivity index is 1.52. The fourth-order valence-corrected chi connectivity index (χ4v) is 3.63. The molecule has 2 aromatic carbocycles. The number of hydrogen-bond donors (Lipinski definition) is 0. The van der Waals surface area contributed by atoms with Gasteiger partial charge in [0.25, 0.3) is 5.89 Å². The number of anilines is 1. The van der Waals surface area contributed by atoms with Crippen molar-refractivity contribution in [2.45, 2.75) is 25.3 Å². The lowest BCUT2D eigenvalue weighted by atomic mass is 10.1. The van der Waals surface area contributed by atoms with Crippen LogP contribution in [0, 0.1) is 0 Å². The molecule has 0 bridgehead atoms. The van der Waals surface area contributed by atoms with Crippen LogP contribution in [0.4, 0.5) is 5.69 Å². The first kappa shape index (κ1) is 18.2. The van der Waals surface area contributed by atoms with Crippen LogP contribution in [0.15, 0.2) is 59.1 Å². The second kappa shape index (κ2) is 7.46. The molecule has 0 radical (unpaired) electrons. The van der Waals surface area contributed by atoms with Crippen LogP contribution in [-0.2, 0) is 4.79 Å². The van der Waals surface area contributed by atoms with Gasteiger partial charge in [0, 0.05) is 44.2 Å². The van der Waals surface area contributed by atoms with Crippen LogP contribution < -0.4 is 4.90 Å². The van der Waals surface area contributed by atoms with E-state index >= 15 is 0 Å².